The van der Waals surface area contributed by atoms with E-state index >= 15 is 0 Å². The third-order valence-electron chi connectivity index (χ3n) is 3.96. The summed E-state index contributed by atoms with van der Waals surface area (Å²) in [5.74, 6) is 1.17. The first kappa shape index (κ1) is 11.6. The summed E-state index contributed by atoms with van der Waals surface area (Å²) in [6, 6.07) is 10.6. The first-order valence-corrected chi connectivity index (χ1v) is 6.89. The highest BCUT2D eigenvalue weighted by atomic mass is 15.2. The summed E-state index contributed by atoms with van der Waals surface area (Å²) in [6.45, 7) is 3.03. The fraction of sp³-hybridized carbons (Fsp3) is 0.250. The number of hydrogen-bond acceptors (Lipinski definition) is 3. The van der Waals surface area contributed by atoms with E-state index in [2.05, 4.69) is 39.7 Å². The van der Waals surface area contributed by atoms with Gasteiger partial charge in [-0.05, 0) is 42.4 Å². The number of nitrogens with zero attached hydrogens (tertiary/aromatic N) is 4. The van der Waals surface area contributed by atoms with E-state index in [0.29, 0.717) is 0 Å². The van der Waals surface area contributed by atoms with Gasteiger partial charge in [0.05, 0.1) is 17.6 Å². The van der Waals surface area contributed by atoms with Gasteiger partial charge in [-0.3, -0.25) is 9.88 Å². The van der Waals surface area contributed by atoms with Crippen molar-refractivity contribution in [2.45, 2.75) is 13.1 Å². The number of rotatable bonds is 1. The molecule has 1 aromatic carbocycles. The third kappa shape index (κ3) is 1.80. The van der Waals surface area contributed by atoms with Crippen molar-refractivity contribution in [3.63, 3.8) is 0 Å². The van der Waals surface area contributed by atoms with Crippen LogP contribution in [0.1, 0.15) is 5.82 Å². The number of fused-ring (bicyclic) bond motifs is 3. The van der Waals surface area contributed by atoms with Crippen LogP contribution in [0.2, 0.25) is 0 Å². The average molecular weight is 264 g/mol. The van der Waals surface area contributed by atoms with Crippen molar-refractivity contribution in [3.8, 4) is 11.1 Å². The summed E-state index contributed by atoms with van der Waals surface area (Å²) in [5.41, 5.74) is 4.75. The van der Waals surface area contributed by atoms with Gasteiger partial charge in [0.25, 0.3) is 0 Å². The molecule has 4 rings (SSSR count). The van der Waals surface area contributed by atoms with E-state index in [1.165, 1.54) is 22.5 Å². The Morgan fingerprint density at radius 3 is 2.70 bits per heavy atom. The number of imidazole rings is 1. The second-order valence-electron chi connectivity index (χ2n) is 5.36. The summed E-state index contributed by atoms with van der Waals surface area (Å²) in [4.78, 5) is 11.1. The summed E-state index contributed by atoms with van der Waals surface area (Å²) in [6.07, 6.45) is 3.67. The number of pyridine rings is 1. The van der Waals surface area contributed by atoms with Gasteiger partial charge in [0.2, 0.25) is 0 Å². The van der Waals surface area contributed by atoms with E-state index in [9.17, 15) is 0 Å². The molecule has 0 bridgehead atoms. The Kier molecular flexibility index (Phi) is 2.57. The van der Waals surface area contributed by atoms with Gasteiger partial charge in [0.1, 0.15) is 5.82 Å². The van der Waals surface area contributed by atoms with Crippen LogP contribution in [0.25, 0.3) is 22.2 Å². The van der Waals surface area contributed by atoms with Crippen LogP contribution in [0.5, 0.6) is 0 Å². The topological polar surface area (TPSA) is 34.0 Å². The molecule has 0 amide bonds. The van der Waals surface area contributed by atoms with Gasteiger partial charge < -0.3 is 4.57 Å². The quantitative estimate of drug-likeness (QED) is 0.677. The fourth-order valence-corrected chi connectivity index (χ4v) is 2.86. The van der Waals surface area contributed by atoms with E-state index in [4.69, 9.17) is 4.98 Å². The Morgan fingerprint density at radius 2 is 1.85 bits per heavy atom. The van der Waals surface area contributed by atoms with Crippen LogP contribution in [0, 0.1) is 0 Å². The molecule has 3 heterocycles. The number of likely N-dealkylation sites (N-methyl/N-ethyl adjacent to an activating group) is 1. The largest absolute Gasteiger partial charge is 0.326 e. The zero-order valence-electron chi connectivity index (χ0n) is 11.5. The zero-order chi connectivity index (χ0) is 13.5. The van der Waals surface area contributed by atoms with E-state index in [0.717, 1.165) is 25.2 Å². The Bertz CT molecular complexity index is 761. The molecular formula is C16H16N4. The summed E-state index contributed by atoms with van der Waals surface area (Å²) in [7, 11) is 2.14. The summed E-state index contributed by atoms with van der Waals surface area (Å²) < 4.78 is 2.35. The molecule has 20 heavy (non-hydrogen) atoms. The molecule has 100 valence electrons. The molecule has 0 saturated heterocycles. The molecule has 0 radical (unpaired) electrons. The van der Waals surface area contributed by atoms with Crippen molar-refractivity contribution in [3.05, 3.63) is 48.5 Å². The summed E-state index contributed by atoms with van der Waals surface area (Å²) >= 11 is 0. The maximum absolute atomic E-state index is 4.75. The van der Waals surface area contributed by atoms with Crippen molar-refractivity contribution in [2.75, 3.05) is 13.6 Å². The molecule has 3 aromatic rings. The van der Waals surface area contributed by atoms with Gasteiger partial charge in [-0.2, -0.15) is 0 Å². The molecule has 1 aliphatic heterocycles. The Hall–Kier alpha value is -2.20. The van der Waals surface area contributed by atoms with Gasteiger partial charge in [-0.15, -0.1) is 0 Å². The van der Waals surface area contributed by atoms with E-state index in [1.54, 1.807) is 0 Å². The fourth-order valence-electron chi connectivity index (χ4n) is 2.86. The maximum atomic E-state index is 4.75. The predicted molar refractivity (Wildman–Crippen MR) is 79.3 cm³/mol. The molecule has 4 nitrogen and oxygen atoms in total. The van der Waals surface area contributed by atoms with Crippen molar-refractivity contribution in [1.29, 1.82) is 0 Å². The minimum absolute atomic E-state index is 0.930. The van der Waals surface area contributed by atoms with Gasteiger partial charge in [-0.1, -0.05) is 6.07 Å². The lowest BCUT2D eigenvalue weighted by atomic mass is 10.1. The number of hydrogen-bond donors (Lipinski definition) is 0. The number of benzene rings is 1. The molecule has 0 unspecified atom stereocenters. The molecule has 2 aromatic heterocycles. The van der Waals surface area contributed by atoms with Gasteiger partial charge in [-0.25, -0.2) is 4.98 Å². The maximum Gasteiger partial charge on any atom is 0.124 e. The molecule has 0 fully saturated rings. The zero-order valence-corrected chi connectivity index (χ0v) is 11.5. The Balaban J connectivity index is 1.87. The molecule has 0 saturated carbocycles. The van der Waals surface area contributed by atoms with Crippen molar-refractivity contribution in [1.82, 2.24) is 19.4 Å². The van der Waals surface area contributed by atoms with Gasteiger partial charge in [0.15, 0.2) is 0 Å². The highest BCUT2D eigenvalue weighted by Crippen LogP contribution is 2.26. The first-order valence-electron chi connectivity index (χ1n) is 6.89. The Morgan fingerprint density at radius 1 is 1.00 bits per heavy atom. The lowest BCUT2D eigenvalue weighted by molar-refractivity contribution is 0.267. The van der Waals surface area contributed by atoms with Crippen LogP contribution < -0.4 is 0 Å². The van der Waals surface area contributed by atoms with Crippen LogP contribution in [-0.2, 0) is 13.1 Å². The van der Waals surface area contributed by atoms with Crippen LogP contribution in [0.3, 0.4) is 0 Å². The highest BCUT2D eigenvalue weighted by Gasteiger charge is 2.17. The smallest absolute Gasteiger partial charge is 0.124 e. The van der Waals surface area contributed by atoms with E-state index < -0.39 is 0 Å². The predicted octanol–water partition coefficient (Wildman–Crippen LogP) is 2.54. The highest BCUT2D eigenvalue weighted by molar-refractivity contribution is 5.82. The Labute approximate surface area is 117 Å². The van der Waals surface area contributed by atoms with Gasteiger partial charge in [0, 0.05) is 25.5 Å². The molecule has 4 heteroatoms. The van der Waals surface area contributed by atoms with Crippen LogP contribution in [0.15, 0.2) is 42.7 Å². The minimum atomic E-state index is 0.930. The van der Waals surface area contributed by atoms with E-state index in [-0.39, 0.29) is 0 Å². The lowest BCUT2D eigenvalue weighted by Gasteiger charge is -2.23. The molecular weight excluding hydrogens is 248 g/mol. The monoisotopic (exact) mass is 264 g/mol. The third-order valence-corrected chi connectivity index (χ3v) is 3.96. The van der Waals surface area contributed by atoms with Crippen molar-refractivity contribution in [2.24, 2.45) is 0 Å². The SMILES string of the molecule is CN1CCn2c(nc3ccc(-c4ccncc4)cc32)C1. The lowest BCUT2D eigenvalue weighted by Crippen LogP contribution is -2.30. The molecule has 0 aliphatic carbocycles. The molecule has 0 N–H and O–H groups in total. The first-order chi connectivity index (χ1) is 9.81. The van der Waals surface area contributed by atoms with Crippen LogP contribution in [-0.4, -0.2) is 33.0 Å². The molecule has 0 atom stereocenters. The average Bonchev–Trinajstić information content (AvgIpc) is 2.84. The summed E-state index contributed by atoms with van der Waals surface area (Å²) in [5, 5.41) is 0. The van der Waals surface area contributed by atoms with Crippen molar-refractivity contribution < 1.29 is 0 Å². The van der Waals surface area contributed by atoms with E-state index in [1.807, 2.05) is 24.5 Å². The van der Waals surface area contributed by atoms with Crippen molar-refractivity contribution >= 4 is 11.0 Å². The van der Waals surface area contributed by atoms with Crippen LogP contribution in [0.4, 0.5) is 0 Å². The second-order valence-corrected chi connectivity index (χ2v) is 5.36. The minimum Gasteiger partial charge on any atom is -0.326 e. The standard InChI is InChI=1S/C16H16N4/c1-19-8-9-20-15-10-13(12-4-6-17-7-5-12)2-3-14(15)18-16(20)11-19/h2-7,10H,8-9,11H2,1H3. The second kappa shape index (κ2) is 4.42. The molecule has 1 aliphatic rings. The number of aromatic nitrogens is 3. The van der Waals surface area contributed by atoms with Crippen LogP contribution >= 0.6 is 0 Å². The molecule has 0 spiro atoms. The normalized spacial score (nSPS) is 15.4. The van der Waals surface area contributed by atoms with Gasteiger partial charge >= 0.3 is 0 Å².